The normalized spacial score (nSPS) is 13.5. The average molecular weight is 473 g/mol. The third kappa shape index (κ3) is 6.85. The molecule has 1 amide bonds. The van der Waals surface area contributed by atoms with Gasteiger partial charge in [-0.25, -0.2) is 4.79 Å². The van der Waals surface area contributed by atoms with Gasteiger partial charge in [0.05, 0.1) is 44.8 Å². The number of carbonyl (C=O) groups is 4. The van der Waals surface area contributed by atoms with Crippen LogP contribution in [-0.2, 0) is 40.9 Å². The van der Waals surface area contributed by atoms with Gasteiger partial charge in [0, 0.05) is 5.56 Å². The van der Waals surface area contributed by atoms with E-state index in [2.05, 4.69) is 14.2 Å². The summed E-state index contributed by atoms with van der Waals surface area (Å²) in [5.74, 6) is -6.87. The number of ether oxygens (including phenoxy) is 3. The lowest BCUT2D eigenvalue weighted by molar-refractivity contribution is -0.158. The molecule has 0 unspecified atom stereocenters. The summed E-state index contributed by atoms with van der Waals surface area (Å²) in [5, 5.41) is 1.83. The van der Waals surface area contributed by atoms with Crippen molar-refractivity contribution in [3.8, 4) is 0 Å². The van der Waals surface area contributed by atoms with E-state index in [-0.39, 0.29) is 18.2 Å². The van der Waals surface area contributed by atoms with Crippen molar-refractivity contribution in [1.29, 1.82) is 0 Å². The van der Waals surface area contributed by atoms with Crippen LogP contribution in [0.2, 0.25) is 0 Å². The summed E-state index contributed by atoms with van der Waals surface area (Å²) in [7, 11) is 2.66. The van der Waals surface area contributed by atoms with Gasteiger partial charge in [-0.1, -0.05) is 0 Å². The Morgan fingerprint density at radius 1 is 0.812 bits per heavy atom. The maximum atomic E-state index is 13.0. The molecule has 178 valence electrons. The molecule has 0 saturated carbocycles. The van der Waals surface area contributed by atoms with Gasteiger partial charge in [0.1, 0.15) is 6.04 Å². The first-order valence-corrected chi connectivity index (χ1v) is 8.48. The van der Waals surface area contributed by atoms with Crippen LogP contribution in [0.4, 0.5) is 26.3 Å². The van der Waals surface area contributed by atoms with Gasteiger partial charge in [-0.2, -0.15) is 26.3 Å². The smallest absolute Gasteiger partial charge is 0.416 e. The average Bonchev–Trinajstić information content (AvgIpc) is 2.72. The standard InChI is InChI=1S/C18H17F6NO7/c1-30-12(26)7-11(15(28)31-2)13(16(29)32-3)25-14(27)8-4-9(17(19,20)21)6-10(5-8)18(22,23)24/h4-6,11,13H,7H2,1-3H3,(H,25,27)/t11-,13-/m0/s1. The van der Waals surface area contributed by atoms with E-state index in [4.69, 9.17) is 0 Å². The van der Waals surface area contributed by atoms with Crippen LogP contribution in [0.15, 0.2) is 18.2 Å². The number of hydrogen-bond donors (Lipinski definition) is 1. The molecule has 0 saturated heterocycles. The first kappa shape index (κ1) is 26.7. The molecule has 14 heteroatoms. The maximum absolute atomic E-state index is 13.0. The van der Waals surface area contributed by atoms with Crippen LogP contribution in [0.3, 0.4) is 0 Å². The summed E-state index contributed by atoms with van der Waals surface area (Å²) in [6.45, 7) is 0. The predicted molar refractivity (Wildman–Crippen MR) is 91.9 cm³/mol. The molecule has 0 aliphatic heterocycles. The van der Waals surface area contributed by atoms with Crippen LogP contribution >= 0.6 is 0 Å². The summed E-state index contributed by atoms with van der Waals surface area (Å²) in [4.78, 5) is 48.2. The van der Waals surface area contributed by atoms with Crippen LogP contribution in [0.5, 0.6) is 0 Å². The molecule has 32 heavy (non-hydrogen) atoms. The Balaban J connectivity index is 3.46. The highest BCUT2D eigenvalue weighted by molar-refractivity contribution is 5.98. The van der Waals surface area contributed by atoms with Gasteiger partial charge in [-0.15, -0.1) is 0 Å². The van der Waals surface area contributed by atoms with E-state index in [1.807, 2.05) is 5.32 Å². The molecule has 1 aromatic rings. The van der Waals surface area contributed by atoms with Gasteiger partial charge in [0.15, 0.2) is 0 Å². The molecule has 1 N–H and O–H groups in total. The number of esters is 3. The first-order valence-electron chi connectivity index (χ1n) is 8.48. The fourth-order valence-electron chi connectivity index (χ4n) is 2.51. The van der Waals surface area contributed by atoms with Crippen LogP contribution in [0, 0.1) is 5.92 Å². The van der Waals surface area contributed by atoms with E-state index in [1.54, 1.807) is 0 Å². The Labute approximate surface area is 176 Å². The fraction of sp³-hybridized carbons (Fsp3) is 0.444. The second-order valence-electron chi connectivity index (χ2n) is 6.18. The fourth-order valence-corrected chi connectivity index (χ4v) is 2.51. The molecule has 0 aliphatic rings. The van der Waals surface area contributed by atoms with Gasteiger partial charge in [-0.05, 0) is 18.2 Å². The molecule has 1 rings (SSSR count). The molecule has 1 aromatic carbocycles. The zero-order chi connectivity index (χ0) is 24.9. The van der Waals surface area contributed by atoms with Crippen LogP contribution < -0.4 is 5.32 Å². The molecule has 8 nitrogen and oxygen atoms in total. The minimum Gasteiger partial charge on any atom is -0.469 e. The monoisotopic (exact) mass is 473 g/mol. The molecular formula is C18H17F6NO7. The topological polar surface area (TPSA) is 108 Å². The second kappa shape index (κ2) is 10.3. The highest BCUT2D eigenvalue weighted by atomic mass is 19.4. The molecule has 0 fully saturated rings. The molecule has 0 radical (unpaired) electrons. The van der Waals surface area contributed by atoms with Gasteiger partial charge < -0.3 is 19.5 Å². The van der Waals surface area contributed by atoms with E-state index in [0.717, 1.165) is 21.3 Å². The largest absolute Gasteiger partial charge is 0.469 e. The van der Waals surface area contributed by atoms with Crippen molar-refractivity contribution in [3.05, 3.63) is 34.9 Å². The lowest BCUT2D eigenvalue weighted by Gasteiger charge is -2.24. The molecule has 0 heterocycles. The third-order valence-corrected chi connectivity index (χ3v) is 4.11. The van der Waals surface area contributed by atoms with Crippen molar-refractivity contribution in [3.63, 3.8) is 0 Å². The lowest BCUT2D eigenvalue weighted by atomic mass is 9.95. The van der Waals surface area contributed by atoms with Crippen molar-refractivity contribution in [2.24, 2.45) is 5.92 Å². The predicted octanol–water partition coefficient (Wildman–Crippen LogP) is 2.35. The molecule has 0 aromatic heterocycles. The van der Waals surface area contributed by atoms with E-state index in [9.17, 15) is 45.5 Å². The first-order chi connectivity index (χ1) is 14.6. The number of alkyl halides is 6. The van der Waals surface area contributed by atoms with Gasteiger partial charge in [0.2, 0.25) is 0 Å². The van der Waals surface area contributed by atoms with Gasteiger partial charge >= 0.3 is 30.3 Å². The molecule has 0 spiro atoms. The second-order valence-corrected chi connectivity index (χ2v) is 6.18. The summed E-state index contributed by atoms with van der Waals surface area (Å²) in [5.41, 5.74) is -4.65. The van der Waals surface area contributed by atoms with Crippen LogP contribution in [-0.4, -0.2) is 51.2 Å². The molecule has 2 atom stereocenters. The van der Waals surface area contributed by atoms with E-state index in [0.29, 0.717) is 0 Å². The summed E-state index contributed by atoms with van der Waals surface area (Å²) in [6, 6.07) is -1.93. The zero-order valence-corrected chi connectivity index (χ0v) is 16.7. The Morgan fingerprint density at radius 3 is 1.66 bits per heavy atom. The van der Waals surface area contributed by atoms with Crippen molar-refractivity contribution in [2.75, 3.05) is 21.3 Å². The highest BCUT2D eigenvalue weighted by Crippen LogP contribution is 2.36. The van der Waals surface area contributed by atoms with Crippen LogP contribution in [0.25, 0.3) is 0 Å². The Hall–Kier alpha value is -3.32. The van der Waals surface area contributed by atoms with Gasteiger partial charge in [0.25, 0.3) is 5.91 Å². The quantitative estimate of drug-likeness (QED) is 0.368. The maximum Gasteiger partial charge on any atom is 0.416 e. The third-order valence-electron chi connectivity index (χ3n) is 4.11. The van der Waals surface area contributed by atoms with Crippen molar-refractivity contribution >= 4 is 23.8 Å². The highest BCUT2D eigenvalue weighted by Gasteiger charge is 2.40. The van der Waals surface area contributed by atoms with E-state index in [1.165, 1.54) is 0 Å². The van der Waals surface area contributed by atoms with Crippen molar-refractivity contribution in [2.45, 2.75) is 24.8 Å². The minimum absolute atomic E-state index is 0.131. The minimum atomic E-state index is -5.22. The number of rotatable bonds is 7. The number of methoxy groups -OCH3 is 3. The number of hydrogen-bond acceptors (Lipinski definition) is 7. The van der Waals surface area contributed by atoms with E-state index >= 15 is 0 Å². The number of benzene rings is 1. The summed E-state index contributed by atoms with van der Waals surface area (Å²) >= 11 is 0. The lowest BCUT2D eigenvalue weighted by Crippen LogP contribution is -2.50. The summed E-state index contributed by atoms with van der Waals surface area (Å²) < 4.78 is 91.4. The summed E-state index contributed by atoms with van der Waals surface area (Å²) in [6.07, 6.45) is -11.3. The number of amides is 1. The number of nitrogens with one attached hydrogen (secondary N) is 1. The SMILES string of the molecule is COC(=O)C[C@H](C(=O)OC)[C@H](NC(=O)c1cc(C(F)(F)F)cc(C(F)(F)F)c1)C(=O)OC. The van der Waals surface area contributed by atoms with Crippen molar-refractivity contribution in [1.82, 2.24) is 5.32 Å². The molecule has 0 aliphatic carbocycles. The Kier molecular flexibility index (Phi) is 8.62. The number of carbonyl (C=O) groups excluding carboxylic acids is 4. The van der Waals surface area contributed by atoms with Crippen molar-refractivity contribution < 1.29 is 59.7 Å². The Bertz CT molecular complexity index is 849. The van der Waals surface area contributed by atoms with Gasteiger partial charge in [-0.3, -0.25) is 14.4 Å². The molecular weight excluding hydrogens is 456 g/mol. The van der Waals surface area contributed by atoms with E-state index < -0.39 is 71.2 Å². The number of halogens is 6. The Morgan fingerprint density at radius 2 is 1.28 bits per heavy atom. The zero-order valence-electron chi connectivity index (χ0n) is 16.7. The molecule has 0 bridgehead atoms. The van der Waals surface area contributed by atoms with Crippen LogP contribution in [0.1, 0.15) is 27.9 Å².